The summed E-state index contributed by atoms with van der Waals surface area (Å²) in [6.45, 7) is 2.92. The third kappa shape index (κ3) is 3.20. The largest absolute Gasteiger partial charge is 0.493 e. The van der Waals surface area contributed by atoms with Gasteiger partial charge in [-0.3, -0.25) is 0 Å². The maximum Gasteiger partial charge on any atom is 0.125 e. The van der Waals surface area contributed by atoms with Crippen molar-refractivity contribution in [2.45, 2.75) is 25.1 Å². The van der Waals surface area contributed by atoms with E-state index in [-0.39, 0.29) is 5.38 Å². The van der Waals surface area contributed by atoms with Crippen LogP contribution in [-0.2, 0) is 12.8 Å². The van der Waals surface area contributed by atoms with Gasteiger partial charge in [-0.1, -0.05) is 48.9 Å². The highest BCUT2D eigenvalue weighted by atomic mass is 35.5. The fraction of sp³-hybridized carbons (Fsp3) is 0.333. The number of benzene rings is 2. The second-order valence-electron chi connectivity index (χ2n) is 5.65. The number of hydrogen-bond acceptors (Lipinski definition) is 1. The van der Waals surface area contributed by atoms with Crippen LogP contribution in [-0.4, -0.2) is 6.61 Å². The molecule has 1 aliphatic rings. The molecular weight excluding hydrogens is 303 g/mol. The van der Waals surface area contributed by atoms with Crippen molar-refractivity contribution in [3.8, 4) is 5.75 Å². The van der Waals surface area contributed by atoms with Crippen molar-refractivity contribution in [1.29, 1.82) is 0 Å². The molecule has 2 aromatic carbocycles. The quantitative estimate of drug-likeness (QED) is 0.682. The lowest BCUT2D eigenvalue weighted by Crippen LogP contribution is -2.08. The van der Waals surface area contributed by atoms with Gasteiger partial charge in [0.05, 0.1) is 12.0 Å². The van der Waals surface area contributed by atoms with Gasteiger partial charge in [-0.2, -0.15) is 0 Å². The minimum absolute atomic E-state index is 0.0118. The first-order valence-corrected chi connectivity index (χ1v) is 8.09. The van der Waals surface area contributed by atoms with Crippen LogP contribution >= 0.6 is 23.2 Å². The third-order valence-corrected chi connectivity index (χ3v) is 4.89. The van der Waals surface area contributed by atoms with Gasteiger partial charge in [0, 0.05) is 11.4 Å². The van der Waals surface area contributed by atoms with E-state index in [1.165, 1.54) is 11.1 Å². The van der Waals surface area contributed by atoms with Crippen LogP contribution in [0.5, 0.6) is 5.75 Å². The Kier molecular flexibility index (Phi) is 4.42. The zero-order valence-corrected chi connectivity index (χ0v) is 13.5. The first-order chi connectivity index (χ1) is 10.1. The lowest BCUT2D eigenvalue weighted by Gasteiger charge is -2.20. The summed E-state index contributed by atoms with van der Waals surface area (Å²) in [5.74, 6) is 1.32. The van der Waals surface area contributed by atoms with Crippen molar-refractivity contribution in [2.75, 3.05) is 6.61 Å². The second-order valence-corrected chi connectivity index (χ2v) is 6.55. The molecule has 1 heterocycles. The van der Waals surface area contributed by atoms with Gasteiger partial charge >= 0.3 is 0 Å². The summed E-state index contributed by atoms with van der Waals surface area (Å²) in [5.41, 5.74) is 3.55. The number of fused-ring (bicyclic) bond motifs is 1. The maximum atomic E-state index is 6.62. The van der Waals surface area contributed by atoms with E-state index in [9.17, 15) is 0 Å². The molecule has 0 fully saturated rings. The molecule has 0 amide bonds. The second kappa shape index (κ2) is 6.29. The Balaban J connectivity index is 1.81. The average Bonchev–Trinajstić information content (AvgIpc) is 2.95. The topological polar surface area (TPSA) is 9.23 Å². The van der Waals surface area contributed by atoms with E-state index in [0.29, 0.717) is 5.92 Å². The Morgan fingerprint density at radius 1 is 1.19 bits per heavy atom. The van der Waals surface area contributed by atoms with E-state index >= 15 is 0 Å². The molecular formula is C18H18Cl2O. The molecule has 0 aromatic heterocycles. The van der Waals surface area contributed by atoms with Gasteiger partial charge in [-0.25, -0.2) is 0 Å². The van der Waals surface area contributed by atoms with Crippen molar-refractivity contribution >= 4 is 23.2 Å². The molecule has 1 aliphatic heterocycles. The Morgan fingerprint density at radius 2 is 1.95 bits per heavy atom. The third-order valence-electron chi connectivity index (χ3n) is 3.98. The summed E-state index contributed by atoms with van der Waals surface area (Å²) >= 11 is 12.8. The zero-order valence-electron chi connectivity index (χ0n) is 12.0. The van der Waals surface area contributed by atoms with Gasteiger partial charge in [0.15, 0.2) is 0 Å². The molecule has 1 nitrogen and oxygen atoms in total. The van der Waals surface area contributed by atoms with Crippen LogP contribution in [0.1, 0.15) is 29.0 Å². The van der Waals surface area contributed by atoms with Crippen molar-refractivity contribution in [2.24, 2.45) is 5.92 Å². The molecule has 21 heavy (non-hydrogen) atoms. The molecule has 3 rings (SSSR count). The maximum absolute atomic E-state index is 6.62. The first-order valence-electron chi connectivity index (χ1n) is 7.28. The minimum Gasteiger partial charge on any atom is -0.493 e. The molecule has 2 atom stereocenters. The van der Waals surface area contributed by atoms with E-state index in [2.05, 4.69) is 19.1 Å². The lowest BCUT2D eigenvalue weighted by molar-refractivity contribution is 0.351. The highest BCUT2D eigenvalue weighted by molar-refractivity contribution is 6.30. The average molecular weight is 321 g/mol. The number of halogens is 2. The zero-order chi connectivity index (χ0) is 14.8. The fourth-order valence-electron chi connectivity index (χ4n) is 2.91. The number of alkyl halides is 1. The molecule has 2 aromatic rings. The van der Waals surface area contributed by atoms with Gasteiger partial charge < -0.3 is 4.74 Å². The standard InChI is InChI=1S/C18H18Cl2O/c1-12(17(20)13-5-3-2-4-6-13)9-15-11-16(19)10-14-7-8-21-18(14)15/h2-6,10-12,17H,7-9H2,1H3. The van der Waals surface area contributed by atoms with E-state index in [1.54, 1.807) is 0 Å². The summed E-state index contributed by atoms with van der Waals surface area (Å²) in [6.07, 6.45) is 1.81. The summed E-state index contributed by atoms with van der Waals surface area (Å²) in [6, 6.07) is 14.2. The Hall–Kier alpha value is -1.18. The fourth-order valence-corrected chi connectivity index (χ4v) is 3.41. The van der Waals surface area contributed by atoms with Gasteiger partial charge in [0.2, 0.25) is 0 Å². The van der Waals surface area contributed by atoms with Crippen molar-refractivity contribution in [3.05, 3.63) is 64.2 Å². The predicted octanol–water partition coefficient (Wildman–Crippen LogP) is 5.43. The minimum atomic E-state index is -0.0118. The Bertz CT molecular complexity index is 625. The molecule has 0 bridgehead atoms. The summed E-state index contributed by atoms with van der Waals surface area (Å²) < 4.78 is 5.77. The van der Waals surface area contributed by atoms with Crippen molar-refractivity contribution in [3.63, 3.8) is 0 Å². The van der Waals surface area contributed by atoms with Crippen LogP contribution in [0.25, 0.3) is 0 Å². The summed E-state index contributed by atoms with van der Waals surface area (Å²) in [4.78, 5) is 0. The molecule has 0 radical (unpaired) electrons. The SMILES string of the molecule is CC(Cc1cc(Cl)cc2c1OCC2)C(Cl)c1ccccc1. The smallest absolute Gasteiger partial charge is 0.125 e. The van der Waals surface area contributed by atoms with Gasteiger partial charge in [-0.05, 0) is 41.2 Å². The monoisotopic (exact) mass is 320 g/mol. The number of ether oxygens (including phenoxy) is 1. The lowest BCUT2D eigenvalue weighted by atomic mass is 9.92. The van der Waals surface area contributed by atoms with Crippen LogP contribution in [0.4, 0.5) is 0 Å². The molecule has 0 saturated carbocycles. The molecule has 0 N–H and O–H groups in total. The number of rotatable bonds is 4. The molecule has 110 valence electrons. The molecule has 2 unspecified atom stereocenters. The number of hydrogen-bond donors (Lipinski definition) is 0. The van der Waals surface area contributed by atoms with Crippen LogP contribution in [0.15, 0.2) is 42.5 Å². The van der Waals surface area contributed by atoms with Crippen LogP contribution in [0.3, 0.4) is 0 Å². The first kappa shape index (κ1) is 14.7. The van der Waals surface area contributed by atoms with E-state index in [1.807, 2.05) is 30.3 Å². The molecule has 0 aliphatic carbocycles. The summed E-state index contributed by atoms with van der Waals surface area (Å²) in [7, 11) is 0. The summed E-state index contributed by atoms with van der Waals surface area (Å²) in [5, 5.41) is 0.773. The Labute approximate surface area is 135 Å². The highest BCUT2D eigenvalue weighted by Gasteiger charge is 2.22. The molecule has 3 heteroatoms. The molecule has 0 saturated heterocycles. The van der Waals surface area contributed by atoms with Crippen LogP contribution < -0.4 is 4.74 Å². The van der Waals surface area contributed by atoms with E-state index in [4.69, 9.17) is 27.9 Å². The highest BCUT2D eigenvalue weighted by Crippen LogP contribution is 2.37. The van der Waals surface area contributed by atoms with E-state index in [0.717, 1.165) is 35.8 Å². The predicted molar refractivity (Wildman–Crippen MR) is 88.6 cm³/mol. The normalized spacial score (nSPS) is 16.1. The van der Waals surface area contributed by atoms with Gasteiger partial charge in [0.1, 0.15) is 5.75 Å². The molecule has 0 spiro atoms. The van der Waals surface area contributed by atoms with E-state index < -0.39 is 0 Å². The van der Waals surface area contributed by atoms with Crippen LogP contribution in [0, 0.1) is 5.92 Å². The van der Waals surface area contributed by atoms with Gasteiger partial charge in [0.25, 0.3) is 0 Å². The van der Waals surface area contributed by atoms with Crippen LogP contribution in [0.2, 0.25) is 5.02 Å². The van der Waals surface area contributed by atoms with Crippen molar-refractivity contribution in [1.82, 2.24) is 0 Å². The van der Waals surface area contributed by atoms with Crippen molar-refractivity contribution < 1.29 is 4.74 Å². The van der Waals surface area contributed by atoms with Gasteiger partial charge in [-0.15, -0.1) is 11.6 Å². The Morgan fingerprint density at radius 3 is 2.71 bits per heavy atom.